The number of rotatable bonds is 5. The molecule has 1 aliphatic carbocycles. The Balaban J connectivity index is 1.90. The molecule has 0 aliphatic heterocycles. The molecule has 3 rings (SSSR count). The molecule has 0 bridgehead atoms. The first-order valence-corrected chi connectivity index (χ1v) is 9.44. The van der Waals surface area contributed by atoms with E-state index >= 15 is 0 Å². The minimum absolute atomic E-state index is 0.235. The maximum absolute atomic E-state index is 13.0. The zero-order valence-electron chi connectivity index (χ0n) is 16.6. The molecule has 0 heterocycles. The summed E-state index contributed by atoms with van der Waals surface area (Å²) in [6.45, 7) is 3.13. The SMILES string of the molecule is CC1(C)[C@@H](C=C(C(F)(F)F)C(F)(F)F)[C@@H]1C(C#N)c1cccc(Oc2ccccc2)c1. The summed E-state index contributed by atoms with van der Waals surface area (Å²) < 4.78 is 83.6. The van der Waals surface area contributed by atoms with Gasteiger partial charge in [-0.1, -0.05) is 50.3 Å². The minimum Gasteiger partial charge on any atom is -0.457 e. The van der Waals surface area contributed by atoms with Gasteiger partial charge in [0.2, 0.25) is 0 Å². The maximum atomic E-state index is 13.0. The number of ether oxygens (including phenoxy) is 1. The van der Waals surface area contributed by atoms with Gasteiger partial charge in [0.1, 0.15) is 17.1 Å². The van der Waals surface area contributed by atoms with E-state index in [-0.39, 0.29) is 6.08 Å². The number of para-hydroxylation sites is 1. The van der Waals surface area contributed by atoms with Crippen LogP contribution in [0.1, 0.15) is 25.3 Å². The average Bonchev–Trinajstić information content (AvgIpc) is 3.20. The van der Waals surface area contributed by atoms with Crippen LogP contribution in [0.15, 0.2) is 66.2 Å². The molecule has 3 atom stereocenters. The number of alkyl halides is 6. The molecule has 0 aromatic heterocycles. The number of nitrogens with zero attached hydrogens (tertiary/aromatic N) is 1. The Hall–Kier alpha value is -2.95. The monoisotopic (exact) mass is 439 g/mol. The van der Waals surface area contributed by atoms with Crippen LogP contribution in [0.4, 0.5) is 26.3 Å². The third-order valence-electron chi connectivity index (χ3n) is 5.65. The molecule has 1 fully saturated rings. The minimum atomic E-state index is -5.52. The summed E-state index contributed by atoms with van der Waals surface area (Å²) in [5.74, 6) is -1.67. The van der Waals surface area contributed by atoms with Crippen LogP contribution >= 0.6 is 0 Å². The van der Waals surface area contributed by atoms with Crippen molar-refractivity contribution in [2.45, 2.75) is 32.1 Å². The van der Waals surface area contributed by atoms with E-state index in [1.165, 1.54) is 0 Å². The van der Waals surface area contributed by atoms with E-state index in [0.29, 0.717) is 17.1 Å². The molecule has 164 valence electrons. The molecular formula is C23H19F6NO. The topological polar surface area (TPSA) is 33.0 Å². The van der Waals surface area contributed by atoms with Crippen LogP contribution in [0.5, 0.6) is 11.5 Å². The van der Waals surface area contributed by atoms with E-state index in [4.69, 9.17) is 4.74 Å². The number of nitriles is 1. The van der Waals surface area contributed by atoms with Gasteiger partial charge in [0.05, 0.1) is 12.0 Å². The van der Waals surface area contributed by atoms with E-state index in [0.717, 1.165) is 0 Å². The zero-order valence-corrected chi connectivity index (χ0v) is 16.6. The van der Waals surface area contributed by atoms with Gasteiger partial charge >= 0.3 is 12.4 Å². The van der Waals surface area contributed by atoms with Crippen molar-refractivity contribution in [2.75, 3.05) is 0 Å². The van der Waals surface area contributed by atoms with Gasteiger partial charge in [-0.25, -0.2) is 0 Å². The Morgan fingerprint density at radius 2 is 1.55 bits per heavy atom. The predicted molar refractivity (Wildman–Crippen MR) is 102 cm³/mol. The van der Waals surface area contributed by atoms with E-state index in [1.54, 1.807) is 62.4 Å². The molecule has 0 amide bonds. The standard InChI is InChI=1S/C23H19F6NO/c1-21(2)18(12-19(22(24,25)26)23(27,28)29)20(21)17(13-30)14-7-6-10-16(11-14)31-15-8-4-3-5-9-15/h3-12,17-18,20H,1-2H3/t17?,18-,20-/m0/s1. The Kier molecular flexibility index (Phi) is 5.83. The molecule has 2 aromatic rings. The van der Waals surface area contributed by atoms with Crippen molar-refractivity contribution in [2.24, 2.45) is 17.3 Å². The molecule has 31 heavy (non-hydrogen) atoms. The van der Waals surface area contributed by atoms with Gasteiger partial charge in [-0.2, -0.15) is 31.6 Å². The molecule has 0 N–H and O–H groups in total. The van der Waals surface area contributed by atoms with Crippen molar-refractivity contribution < 1.29 is 31.1 Å². The summed E-state index contributed by atoms with van der Waals surface area (Å²) in [7, 11) is 0. The van der Waals surface area contributed by atoms with Gasteiger partial charge in [-0.05, 0) is 47.1 Å². The van der Waals surface area contributed by atoms with Crippen LogP contribution < -0.4 is 4.74 Å². The van der Waals surface area contributed by atoms with Crippen LogP contribution in [-0.2, 0) is 0 Å². The summed E-state index contributed by atoms with van der Waals surface area (Å²) in [6, 6.07) is 17.4. The van der Waals surface area contributed by atoms with Gasteiger partial charge in [-0.15, -0.1) is 0 Å². The zero-order chi connectivity index (χ0) is 23.0. The second-order valence-electron chi connectivity index (χ2n) is 8.04. The first-order chi connectivity index (χ1) is 14.4. The fourth-order valence-electron chi connectivity index (χ4n) is 3.96. The molecule has 8 heteroatoms. The Morgan fingerprint density at radius 1 is 0.968 bits per heavy atom. The van der Waals surface area contributed by atoms with Crippen molar-refractivity contribution in [1.82, 2.24) is 0 Å². The summed E-state index contributed by atoms with van der Waals surface area (Å²) in [5.41, 5.74) is -2.96. The number of benzene rings is 2. The summed E-state index contributed by atoms with van der Waals surface area (Å²) in [6.07, 6.45) is -10.8. The summed E-state index contributed by atoms with van der Waals surface area (Å²) in [5, 5.41) is 9.72. The van der Waals surface area contributed by atoms with E-state index in [1.807, 2.05) is 6.07 Å². The smallest absolute Gasteiger partial charge is 0.421 e. The van der Waals surface area contributed by atoms with Crippen LogP contribution in [-0.4, -0.2) is 12.4 Å². The molecule has 2 aromatic carbocycles. The van der Waals surface area contributed by atoms with Crippen LogP contribution in [0.3, 0.4) is 0 Å². The fourth-order valence-corrected chi connectivity index (χ4v) is 3.96. The quantitative estimate of drug-likeness (QED) is 0.359. The van der Waals surface area contributed by atoms with Gasteiger partial charge in [-0.3, -0.25) is 0 Å². The highest BCUT2D eigenvalue weighted by atomic mass is 19.4. The normalized spacial score (nSPS) is 21.0. The molecule has 2 nitrogen and oxygen atoms in total. The molecule has 1 unspecified atom stereocenters. The van der Waals surface area contributed by atoms with Gasteiger partial charge in [0.15, 0.2) is 0 Å². The van der Waals surface area contributed by atoms with Crippen molar-refractivity contribution in [1.29, 1.82) is 5.26 Å². The molecular weight excluding hydrogens is 420 g/mol. The molecule has 1 aliphatic rings. The summed E-state index contributed by atoms with van der Waals surface area (Å²) >= 11 is 0. The summed E-state index contributed by atoms with van der Waals surface area (Å²) in [4.78, 5) is 0. The molecule has 0 saturated heterocycles. The highest BCUT2D eigenvalue weighted by Crippen LogP contribution is 2.65. The molecule has 0 spiro atoms. The van der Waals surface area contributed by atoms with E-state index in [9.17, 15) is 31.6 Å². The Morgan fingerprint density at radius 3 is 2.10 bits per heavy atom. The van der Waals surface area contributed by atoms with Gasteiger partial charge < -0.3 is 4.74 Å². The van der Waals surface area contributed by atoms with Gasteiger partial charge in [0.25, 0.3) is 0 Å². The lowest BCUT2D eigenvalue weighted by Gasteiger charge is -2.15. The lowest BCUT2D eigenvalue weighted by molar-refractivity contribution is -0.172. The largest absolute Gasteiger partial charge is 0.457 e. The second-order valence-corrected chi connectivity index (χ2v) is 8.04. The second kappa shape index (κ2) is 7.95. The fraction of sp³-hybridized carbons (Fsp3) is 0.348. The number of allylic oxidation sites excluding steroid dienone is 2. The number of hydrogen-bond acceptors (Lipinski definition) is 2. The third-order valence-corrected chi connectivity index (χ3v) is 5.65. The van der Waals surface area contributed by atoms with Crippen LogP contribution in [0.2, 0.25) is 0 Å². The van der Waals surface area contributed by atoms with Crippen molar-refractivity contribution >= 4 is 0 Å². The Bertz CT molecular complexity index is 985. The lowest BCUT2D eigenvalue weighted by Crippen LogP contribution is -2.26. The predicted octanol–water partition coefficient (Wildman–Crippen LogP) is 7.41. The van der Waals surface area contributed by atoms with Gasteiger partial charge in [0, 0.05) is 0 Å². The molecule has 0 radical (unpaired) electrons. The lowest BCUT2D eigenvalue weighted by atomic mass is 9.91. The highest BCUT2D eigenvalue weighted by molar-refractivity contribution is 5.40. The van der Waals surface area contributed by atoms with Crippen molar-refractivity contribution in [3.8, 4) is 17.6 Å². The maximum Gasteiger partial charge on any atom is 0.421 e. The Labute approximate surface area is 175 Å². The van der Waals surface area contributed by atoms with E-state index < -0.39 is 41.1 Å². The van der Waals surface area contributed by atoms with E-state index in [2.05, 4.69) is 6.07 Å². The first-order valence-electron chi connectivity index (χ1n) is 9.44. The highest BCUT2D eigenvalue weighted by Gasteiger charge is 2.62. The van der Waals surface area contributed by atoms with Crippen LogP contribution in [0.25, 0.3) is 0 Å². The number of hydrogen-bond donors (Lipinski definition) is 0. The van der Waals surface area contributed by atoms with Crippen molar-refractivity contribution in [3.63, 3.8) is 0 Å². The average molecular weight is 439 g/mol. The number of halogens is 6. The third kappa shape index (κ3) is 4.87. The first kappa shape index (κ1) is 22.7. The van der Waals surface area contributed by atoms with Crippen molar-refractivity contribution in [3.05, 3.63) is 71.8 Å². The molecule has 1 saturated carbocycles. The van der Waals surface area contributed by atoms with Crippen LogP contribution in [0, 0.1) is 28.6 Å².